The van der Waals surface area contributed by atoms with Crippen LogP contribution >= 0.6 is 11.8 Å². The topological polar surface area (TPSA) is 38.4 Å². The fraction of sp³-hybridized carbons (Fsp3) is 0.857. The summed E-state index contributed by atoms with van der Waals surface area (Å²) in [5.74, 6) is 0.807. The molecule has 0 aromatic carbocycles. The Morgan fingerprint density at radius 1 is 1.80 bits per heavy atom. The molecule has 10 heavy (non-hydrogen) atoms. The molecule has 0 aromatic heterocycles. The summed E-state index contributed by atoms with van der Waals surface area (Å²) in [6, 6.07) is 0.614. The Morgan fingerprint density at radius 2 is 2.60 bits per heavy atom. The largest absolute Gasteiger partial charge is 0.325 e. The quantitative estimate of drug-likeness (QED) is 0.611. The zero-order valence-electron chi connectivity index (χ0n) is 6.08. The van der Waals surface area contributed by atoms with Crippen LogP contribution in [-0.2, 0) is 0 Å². The first-order chi connectivity index (χ1) is 4.81. The predicted molar refractivity (Wildman–Crippen MR) is 45.4 cm³/mol. The molecule has 2 rings (SSSR count). The fourth-order valence-corrected chi connectivity index (χ4v) is 3.11. The molecule has 2 nitrogen and oxygen atoms in total. The van der Waals surface area contributed by atoms with Gasteiger partial charge in [0, 0.05) is 11.8 Å². The molecule has 0 amide bonds. The van der Waals surface area contributed by atoms with Crippen molar-refractivity contribution in [2.24, 2.45) is 16.6 Å². The van der Waals surface area contributed by atoms with E-state index in [1.807, 2.05) is 11.8 Å². The van der Waals surface area contributed by atoms with Crippen LogP contribution in [-0.4, -0.2) is 22.9 Å². The van der Waals surface area contributed by atoms with Gasteiger partial charge in [-0.15, -0.1) is 11.8 Å². The minimum Gasteiger partial charge on any atom is -0.325 e. The first kappa shape index (κ1) is 6.68. The Bertz CT molecular complexity index is 178. The van der Waals surface area contributed by atoms with Crippen LogP contribution in [0.3, 0.4) is 0 Å². The van der Waals surface area contributed by atoms with Crippen molar-refractivity contribution >= 4 is 16.8 Å². The zero-order valence-corrected chi connectivity index (χ0v) is 6.90. The van der Waals surface area contributed by atoms with Gasteiger partial charge in [0.25, 0.3) is 0 Å². The number of hydrogen-bond acceptors (Lipinski definition) is 3. The monoisotopic (exact) mass is 156 g/mol. The molecular formula is C7H12N2S. The molecule has 3 unspecified atom stereocenters. The molecule has 1 aliphatic heterocycles. The van der Waals surface area contributed by atoms with Crippen LogP contribution in [0.25, 0.3) is 0 Å². The third-order valence-electron chi connectivity index (χ3n) is 2.32. The average molecular weight is 156 g/mol. The summed E-state index contributed by atoms with van der Waals surface area (Å²) in [6.45, 7) is 2.91. The maximum Gasteiger partial charge on any atom is 0.0819 e. The molecule has 0 bridgehead atoms. The molecule has 3 atom stereocenters. The van der Waals surface area contributed by atoms with Crippen molar-refractivity contribution in [2.45, 2.75) is 24.6 Å². The summed E-state index contributed by atoms with van der Waals surface area (Å²) in [4.78, 5) is 4.51. The van der Waals surface area contributed by atoms with Crippen LogP contribution < -0.4 is 5.73 Å². The lowest BCUT2D eigenvalue weighted by atomic mass is 9.81. The molecule has 0 spiro atoms. The van der Waals surface area contributed by atoms with Gasteiger partial charge >= 0.3 is 0 Å². The van der Waals surface area contributed by atoms with Gasteiger partial charge in [0.05, 0.1) is 11.1 Å². The number of nitrogens with zero attached hydrogens (tertiary/aromatic N) is 1. The van der Waals surface area contributed by atoms with E-state index in [0.717, 1.165) is 11.2 Å². The van der Waals surface area contributed by atoms with Crippen molar-refractivity contribution in [3.05, 3.63) is 0 Å². The normalized spacial score (nSPS) is 44.2. The van der Waals surface area contributed by atoms with Gasteiger partial charge in [-0.1, -0.05) is 6.92 Å². The number of fused-ring (bicyclic) bond motifs is 1. The third kappa shape index (κ3) is 0.805. The van der Waals surface area contributed by atoms with Gasteiger partial charge in [0.2, 0.25) is 0 Å². The first-order valence-corrected chi connectivity index (χ1v) is 4.62. The van der Waals surface area contributed by atoms with E-state index in [9.17, 15) is 0 Å². The van der Waals surface area contributed by atoms with Crippen LogP contribution in [0, 0.1) is 5.92 Å². The second kappa shape index (κ2) is 2.24. The van der Waals surface area contributed by atoms with Gasteiger partial charge in [-0.25, -0.2) is 0 Å². The van der Waals surface area contributed by atoms with E-state index >= 15 is 0 Å². The highest BCUT2D eigenvalue weighted by molar-refractivity contribution is 8.14. The summed E-state index contributed by atoms with van der Waals surface area (Å²) in [5.41, 5.74) is 5.48. The molecular weight excluding hydrogens is 144 g/mol. The van der Waals surface area contributed by atoms with Crippen molar-refractivity contribution < 1.29 is 0 Å². The molecule has 1 fully saturated rings. The first-order valence-electron chi connectivity index (χ1n) is 3.74. The van der Waals surface area contributed by atoms with Crippen molar-refractivity contribution in [1.29, 1.82) is 0 Å². The van der Waals surface area contributed by atoms with Gasteiger partial charge in [-0.3, -0.25) is 4.99 Å². The lowest BCUT2D eigenvalue weighted by Gasteiger charge is -2.34. The SMILES string of the molecule is CC1CC2SC(CN)=NC12. The molecule has 2 N–H and O–H groups in total. The molecule has 1 aliphatic carbocycles. The standard InChI is InChI=1S/C7H12N2S/c1-4-2-5-7(4)9-6(3-8)10-5/h4-5,7H,2-3,8H2,1H3. The van der Waals surface area contributed by atoms with E-state index in [1.54, 1.807) is 0 Å². The molecule has 1 heterocycles. The van der Waals surface area contributed by atoms with Crippen molar-refractivity contribution in [1.82, 2.24) is 0 Å². The minimum atomic E-state index is 0.614. The number of aliphatic imine (C=N–C) groups is 1. The van der Waals surface area contributed by atoms with E-state index in [0.29, 0.717) is 12.6 Å². The number of hydrogen-bond donors (Lipinski definition) is 1. The summed E-state index contributed by atoms with van der Waals surface area (Å²) < 4.78 is 0. The van der Waals surface area contributed by atoms with Gasteiger partial charge < -0.3 is 5.73 Å². The highest BCUT2D eigenvalue weighted by Gasteiger charge is 2.42. The summed E-state index contributed by atoms with van der Waals surface area (Å²) in [6.07, 6.45) is 1.34. The molecule has 0 radical (unpaired) electrons. The third-order valence-corrected chi connectivity index (χ3v) is 3.64. The van der Waals surface area contributed by atoms with Crippen LogP contribution in [0.15, 0.2) is 4.99 Å². The van der Waals surface area contributed by atoms with E-state index in [2.05, 4.69) is 11.9 Å². The molecule has 3 heteroatoms. The highest BCUT2D eigenvalue weighted by Crippen LogP contribution is 2.44. The van der Waals surface area contributed by atoms with E-state index in [-0.39, 0.29) is 0 Å². The Hall–Kier alpha value is -0.0200. The van der Waals surface area contributed by atoms with Crippen molar-refractivity contribution in [3.8, 4) is 0 Å². The van der Waals surface area contributed by atoms with Crippen LogP contribution in [0.5, 0.6) is 0 Å². The van der Waals surface area contributed by atoms with Gasteiger partial charge in [0.1, 0.15) is 0 Å². The lowest BCUT2D eigenvalue weighted by Crippen LogP contribution is -2.38. The predicted octanol–water partition coefficient (Wildman–Crippen LogP) is 0.867. The van der Waals surface area contributed by atoms with Crippen LogP contribution in [0.2, 0.25) is 0 Å². The van der Waals surface area contributed by atoms with Crippen molar-refractivity contribution in [2.75, 3.05) is 6.54 Å². The van der Waals surface area contributed by atoms with Crippen LogP contribution in [0.1, 0.15) is 13.3 Å². The van der Waals surface area contributed by atoms with E-state index in [4.69, 9.17) is 5.73 Å². The Balaban J connectivity index is 2.05. The zero-order chi connectivity index (χ0) is 7.14. The Labute approximate surface area is 65.3 Å². The van der Waals surface area contributed by atoms with Gasteiger partial charge in [0.15, 0.2) is 0 Å². The smallest absolute Gasteiger partial charge is 0.0819 e. The van der Waals surface area contributed by atoms with Crippen molar-refractivity contribution in [3.63, 3.8) is 0 Å². The Kier molecular flexibility index (Phi) is 1.49. The molecule has 0 saturated heterocycles. The fourth-order valence-electron chi connectivity index (χ4n) is 1.62. The Morgan fingerprint density at radius 3 is 3.10 bits per heavy atom. The summed E-state index contributed by atoms with van der Waals surface area (Å²) in [7, 11) is 0. The number of nitrogens with two attached hydrogens (primary N) is 1. The molecule has 2 aliphatic rings. The van der Waals surface area contributed by atoms with E-state index in [1.165, 1.54) is 11.5 Å². The number of thioether (sulfide) groups is 1. The van der Waals surface area contributed by atoms with Gasteiger partial charge in [-0.05, 0) is 12.3 Å². The summed E-state index contributed by atoms with van der Waals surface area (Å²) >= 11 is 1.89. The maximum atomic E-state index is 5.48. The lowest BCUT2D eigenvalue weighted by molar-refractivity contribution is 0.303. The second-order valence-corrected chi connectivity index (χ2v) is 4.40. The van der Waals surface area contributed by atoms with Gasteiger partial charge in [-0.2, -0.15) is 0 Å². The molecule has 0 aromatic rings. The molecule has 1 saturated carbocycles. The van der Waals surface area contributed by atoms with Crippen LogP contribution in [0.4, 0.5) is 0 Å². The second-order valence-electron chi connectivity index (χ2n) is 3.09. The number of rotatable bonds is 1. The van der Waals surface area contributed by atoms with E-state index < -0.39 is 0 Å². The maximum absolute atomic E-state index is 5.48. The minimum absolute atomic E-state index is 0.614. The average Bonchev–Trinajstić information content (AvgIpc) is 2.26. The molecule has 56 valence electrons. The summed E-state index contributed by atoms with van der Waals surface area (Å²) in [5, 5.41) is 1.95. The highest BCUT2D eigenvalue weighted by atomic mass is 32.2.